The quantitative estimate of drug-likeness (QED) is 0.606. The molecule has 5 saturated carbocycles. The lowest BCUT2D eigenvalue weighted by atomic mass is 9.47. The molecule has 1 N–H and O–H groups in total. The Kier molecular flexibility index (Phi) is 0.740. The Morgan fingerprint density at radius 3 is 2.88 bits per heavy atom. The number of rotatable bonds is 0. The Labute approximate surface area is 94.4 Å². The minimum Gasteiger partial charge on any atom is -0.365 e. The Hall–Kier alpha value is -0.520. The second kappa shape index (κ2) is 1.53. The predicted octanol–water partition coefficient (Wildman–Crippen LogP) is 0.855. The molecule has 2 aliphatic heterocycles. The van der Waals surface area contributed by atoms with Gasteiger partial charge in [0.05, 0.1) is 0 Å². The van der Waals surface area contributed by atoms with Crippen LogP contribution in [-0.2, 0) is 4.74 Å². The minimum atomic E-state index is -0.855. The van der Waals surface area contributed by atoms with E-state index < -0.39 is 5.79 Å². The molecule has 0 amide bonds. The zero-order chi connectivity index (χ0) is 10.7. The molecular weight excluding hydrogens is 200 g/mol. The number of terminal acetylenes is 1. The fourth-order valence-electron chi connectivity index (χ4n) is 7.91. The van der Waals surface area contributed by atoms with Gasteiger partial charge in [-0.25, -0.2) is 0 Å². The highest BCUT2D eigenvalue weighted by molar-refractivity contribution is 5.49. The molecule has 2 nitrogen and oxygen atoms in total. The molecule has 10 atom stereocenters. The summed E-state index contributed by atoms with van der Waals surface area (Å²) in [5.74, 6) is 6.49. The summed E-state index contributed by atoms with van der Waals surface area (Å²) in [5.41, 5.74) is -0.369. The normalized spacial score (nSPS) is 86.9. The Bertz CT molecular complexity index is 519. The van der Waals surface area contributed by atoms with Gasteiger partial charge in [-0.3, -0.25) is 0 Å². The third-order valence-electron chi connectivity index (χ3n) is 7.68. The summed E-state index contributed by atoms with van der Waals surface area (Å²) in [4.78, 5) is 0. The maximum atomic E-state index is 11.0. The lowest BCUT2D eigenvalue weighted by Gasteiger charge is -2.54. The van der Waals surface area contributed by atoms with Gasteiger partial charge in [0.15, 0.2) is 5.79 Å². The minimum absolute atomic E-state index is 0.00111. The molecule has 2 heteroatoms. The van der Waals surface area contributed by atoms with Crippen molar-refractivity contribution >= 4 is 0 Å². The molecule has 0 aromatic carbocycles. The lowest BCUT2D eigenvalue weighted by molar-refractivity contribution is -0.240. The molecule has 2 heterocycles. The van der Waals surface area contributed by atoms with Crippen LogP contribution in [0.5, 0.6) is 0 Å². The summed E-state index contributed by atoms with van der Waals surface area (Å²) < 4.78 is 6.11. The molecular formula is C14H14O2. The van der Waals surface area contributed by atoms with Gasteiger partial charge in [0, 0.05) is 23.2 Å². The predicted molar refractivity (Wildman–Crippen MR) is 54.8 cm³/mol. The molecule has 0 aromatic heterocycles. The van der Waals surface area contributed by atoms with Crippen molar-refractivity contribution in [3.8, 4) is 12.3 Å². The second-order valence-electron chi connectivity index (χ2n) is 7.21. The van der Waals surface area contributed by atoms with Crippen LogP contribution in [-0.4, -0.2) is 16.5 Å². The van der Waals surface area contributed by atoms with Crippen LogP contribution in [0.15, 0.2) is 0 Å². The van der Waals surface area contributed by atoms with Crippen molar-refractivity contribution in [1.29, 1.82) is 0 Å². The average molecular weight is 214 g/mol. The van der Waals surface area contributed by atoms with E-state index in [1.807, 2.05) is 0 Å². The van der Waals surface area contributed by atoms with E-state index in [9.17, 15) is 5.11 Å². The lowest BCUT2D eigenvalue weighted by Crippen LogP contribution is -2.59. The topological polar surface area (TPSA) is 29.5 Å². The molecule has 82 valence electrons. The van der Waals surface area contributed by atoms with Crippen LogP contribution >= 0.6 is 0 Å². The van der Waals surface area contributed by atoms with E-state index in [0.717, 1.165) is 23.7 Å². The van der Waals surface area contributed by atoms with Crippen LogP contribution < -0.4 is 0 Å². The Morgan fingerprint density at radius 2 is 2.12 bits per heavy atom. The molecule has 0 radical (unpaired) electrons. The number of hydrogen-bond donors (Lipinski definition) is 1. The van der Waals surface area contributed by atoms with Gasteiger partial charge < -0.3 is 9.84 Å². The smallest absolute Gasteiger partial charge is 0.177 e. The highest BCUT2D eigenvalue weighted by Gasteiger charge is 3.01. The molecule has 4 bridgehead atoms. The molecule has 7 fully saturated rings. The summed E-state index contributed by atoms with van der Waals surface area (Å²) in [6, 6.07) is 0. The SMILES string of the molecule is C#CC12OC3(O)C4C5CC(C6C5C3(C)C61)C42. The van der Waals surface area contributed by atoms with Gasteiger partial charge in [-0.05, 0) is 30.1 Å². The fourth-order valence-corrected chi connectivity index (χ4v) is 7.91. The Balaban J connectivity index is 1.82. The first-order valence-electron chi connectivity index (χ1n) is 6.51. The van der Waals surface area contributed by atoms with Crippen LogP contribution in [0.2, 0.25) is 0 Å². The summed E-state index contributed by atoms with van der Waals surface area (Å²) in [7, 11) is 0. The van der Waals surface area contributed by atoms with E-state index in [1.165, 1.54) is 6.42 Å². The average Bonchev–Trinajstić information content (AvgIpc) is 2.87. The number of hydrogen-bond acceptors (Lipinski definition) is 2. The maximum absolute atomic E-state index is 11.0. The van der Waals surface area contributed by atoms with E-state index in [0.29, 0.717) is 17.8 Å². The molecule has 2 saturated heterocycles. The molecule has 0 spiro atoms. The molecule has 5 aliphatic carbocycles. The van der Waals surface area contributed by atoms with Gasteiger partial charge in [0.25, 0.3) is 0 Å². The zero-order valence-electron chi connectivity index (χ0n) is 9.18. The van der Waals surface area contributed by atoms with Gasteiger partial charge in [-0.1, -0.05) is 12.8 Å². The highest BCUT2D eigenvalue weighted by Crippen LogP contribution is 2.96. The van der Waals surface area contributed by atoms with Gasteiger partial charge in [-0.15, -0.1) is 6.42 Å². The first kappa shape index (κ1) is 7.74. The summed E-state index contributed by atoms with van der Waals surface area (Å²) >= 11 is 0. The van der Waals surface area contributed by atoms with E-state index in [-0.39, 0.29) is 11.0 Å². The van der Waals surface area contributed by atoms with Crippen molar-refractivity contribution in [2.24, 2.45) is 46.8 Å². The molecule has 0 aromatic rings. The highest BCUT2D eigenvalue weighted by atomic mass is 16.7. The van der Waals surface area contributed by atoms with Crippen molar-refractivity contribution in [3.05, 3.63) is 0 Å². The van der Waals surface area contributed by atoms with Gasteiger partial charge in [0.2, 0.25) is 0 Å². The van der Waals surface area contributed by atoms with Crippen molar-refractivity contribution in [1.82, 2.24) is 0 Å². The van der Waals surface area contributed by atoms with Gasteiger partial charge in [0.1, 0.15) is 5.60 Å². The third-order valence-corrected chi connectivity index (χ3v) is 7.68. The van der Waals surface area contributed by atoms with Gasteiger partial charge in [-0.2, -0.15) is 0 Å². The molecule has 16 heavy (non-hydrogen) atoms. The van der Waals surface area contributed by atoms with Crippen LogP contribution in [0.3, 0.4) is 0 Å². The monoisotopic (exact) mass is 214 g/mol. The van der Waals surface area contributed by atoms with Crippen LogP contribution in [0.4, 0.5) is 0 Å². The zero-order valence-corrected chi connectivity index (χ0v) is 9.18. The fraction of sp³-hybridized carbons (Fsp3) is 0.857. The van der Waals surface area contributed by atoms with Crippen LogP contribution in [0.1, 0.15) is 13.3 Å². The van der Waals surface area contributed by atoms with Crippen molar-refractivity contribution in [2.45, 2.75) is 24.7 Å². The molecule has 10 unspecified atom stereocenters. The largest absolute Gasteiger partial charge is 0.365 e. The van der Waals surface area contributed by atoms with E-state index >= 15 is 0 Å². The summed E-state index contributed by atoms with van der Waals surface area (Å²) in [6.07, 6.45) is 7.13. The van der Waals surface area contributed by atoms with Gasteiger partial charge >= 0.3 is 0 Å². The summed E-state index contributed by atoms with van der Waals surface area (Å²) in [5, 5.41) is 11.0. The van der Waals surface area contributed by atoms with Crippen molar-refractivity contribution in [2.75, 3.05) is 0 Å². The molecule has 7 aliphatic rings. The van der Waals surface area contributed by atoms with E-state index in [2.05, 4.69) is 12.8 Å². The van der Waals surface area contributed by atoms with E-state index in [1.54, 1.807) is 0 Å². The molecule has 7 rings (SSSR count). The standard InChI is InChI=1S/C14H14O2/c1-3-13-9-5-4-6-8-7(5)11(13)12(8,2)14(15,16-13)10(6)9/h1,5-11,15H,4H2,2H3. The summed E-state index contributed by atoms with van der Waals surface area (Å²) in [6.45, 7) is 2.24. The first-order valence-corrected chi connectivity index (χ1v) is 6.51. The first-order chi connectivity index (χ1) is 7.61. The van der Waals surface area contributed by atoms with Crippen LogP contribution in [0.25, 0.3) is 0 Å². The van der Waals surface area contributed by atoms with Crippen molar-refractivity contribution in [3.63, 3.8) is 0 Å². The van der Waals surface area contributed by atoms with E-state index in [4.69, 9.17) is 11.2 Å². The second-order valence-corrected chi connectivity index (χ2v) is 7.21. The maximum Gasteiger partial charge on any atom is 0.177 e. The third kappa shape index (κ3) is 0.332. The van der Waals surface area contributed by atoms with Crippen LogP contribution in [0, 0.1) is 59.2 Å². The van der Waals surface area contributed by atoms with Crippen molar-refractivity contribution < 1.29 is 9.84 Å². The Morgan fingerprint density at radius 1 is 1.31 bits per heavy atom. The number of ether oxygens (including phenoxy) is 1. The number of aliphatic hydroxyl groups is 1.